The van der Waals surface area contributed by atoms with E-state index in [-0.39, 0.29) is 23.4 Å². The van der Waals surface area contributed by atoms with Crippen molar-refractivity contribution < 1.29 is 4.79 Å². The Morgan fingerprint density at radius 2 is 1.60 bits per heavy atom. The van der Waals surface area contributed by atoms with Crippen LogP contribution in [0.15, 0.2) is 48.5 Å². The third-order valence-electron chi connectivity index (χ3n) is 2.85. The average Bonchev–Trinajstić information content (AvgIpc) is 2.45. The van der Waals surface area contributed by atoms with Gasteiger partial charge in [0.05, 0.1) is 21.7 Å². The lowest BCUT2D eigenvalue weighted by molar-refractivity contribution is 0.0940. The van der Waals surface area contributed by atoms with Crippen molar-refractivity contribution in [1.29, 1.82) is 0 Å². The van der Waals surface area contributed by atoms with E-state index >= 15 is 0 Å². The molecule has 1 unspecified atom stereocenters. The SMILES string of the molecule is O=C(NC(CCl)c1ccccc1)c1c(Cl)cccc1Cl. The van der Waals surface area contributed by atoms with Crippen molar-refractivity contribution in [1.82, 2.24) is 5.32 Å². The molecule has 0 radical (unpaired) electrons. The van der Waals surface area contributed by atoms with Crippen molar-refractivity contribution in [2.24, 2.45) is 0 Å². The molecule has 1 N–H and O–H groups in total. The molecular formula is C15H12Cl3NO. The Morgan fingerprint density at radius 3 is 2.15 bits per heavy atom. The maximum absolute atomic E-state index is 12.3. The molecule has 104 valence electrons. The summed E-state index contributed by atoms with van der Waals surface area (Å²) >= 11 is 18.0. The monoisotopic (exact) mass is 327 g/mol. The summed E-state index contributed by atoms with van der Waals surface area (Å²) in [6.45, 7) is 0. The van der Waals surface area contributed by atoms with Gasteiger partial charge in [-0.2, -0.15) is 0 Å². The first-order valence-corrected chi connectivity index (χ1v) is 7.28. The van der Waals surface area contributed by atoms with E-state index in [0.717, 1.165) is 5.56 Å². The number of nitrogens with one attached hydrogen (secondary N) is 1. The molecule has 2 rings (SSSR count). The van der Waals surface area contributed by atoms with Crippen molar-refractivity contribution in [3.05, 3.63) is 69.7 Å². The van der Waals surface area contributed by atoms with Gasteiger partial charge < -0.3 is 5.32 Å². The van der Waals surface area contributed by atoms with Crippen LogP contribution >= 0.6 is 34.8 Å². The first kappa shape index (κ1) is 15.2. The molecule has 1 atom stereocenters. The number of carbonyl (C=O) groups excluding carboxylic acids is 1. The number of benzene rings is 2. The van der Waals surface area contributed by atoms with E-state index in [9.17, 15) is 4.79 Å². The summed E-state index contributed by atoms with van der Waals surface area (Å²) in [5, 5.41) is 3.47. The van der Waals surface area contributed by atoms with Crippen molar-refractivity contribution in [2.75, 3.05) is 5.88 Å². The van der Waals surface area contributed by atoms with Gasteiger partial charge in [-0.15, -0.1) is 11.6 Å². The Hall–Kier alpha value is -1.22. The van der Waals surface area contributed by atoms with Crippen LogP contribution in [0.1, 0.15) is 22.0 Å². The molecule has 0 fully saturated rings. The summed E-state index contributed by atoms with van der Waals surface area (Å²) in [6, 6.07) is 14.1. The first-order chi connectivity index (χ1) is 9.63. The summed E-state index contributed by atoms with van der Waals surface area (Å²) in [7, 11) is 0. The molecule has 20 heavy (non-hydrogen) atoms. The second-order valence-electron chi connectivity index (χ2n) is 4.19. The average molecular weight is 329 g/mol. The van der Waals surface area contributed by atoms with Crippen LogP contribution in [0.2, 0.25) is 10.0 Å². The number of hydrogen-bond donors (Lipinski definition) is 1. The van der Waals surface area contributed by atoms with E-state index in [1.54, 1.807) is 18.2 Å². The lowest BCUT2D eigenvalue weighted by atomic mass is 10.1. The van der Waals surface area contributed by atoms with E-state index in [4.69, 9.17) is 34.8 Å². The Labute approximate surface area is 132 Å². The number of rotatable bonds is 4. The highest BCUT2D eigenvalue weighted by atomic mass is 35.5. The smallest absolute Gasteiger partial charge is 0.254 e. The molecule has 0 aliphatic heterocycles. The minimum absolute atomic E-state index is 0.262. The van der Waals surface area contributed by atoms with E-state index in [1.165, 1.54) is 0 Å². The maximum atomic E-state index is 12.3. The zero-order chi connectivity index (χ0) is 14.5. The van der Waals surface area contributed by atoms with Crippen LogP contribution in [0.25, 0.3) is 0 Å². The van der Waals surface area contributed by atoms with Crippen LogP contribution in [-0.4, -0.2) is 11.8 Å². The molecule has 0 aliphatic rings. The lowest BCUT2D eigenvalue weighted by Crippen LogP contribution is -2.30. The second kappa shape index (κ2) is 6.98. The van der Waals surface area contributed by atoms with Gasteiger partial charge >= 0.3 is 0 Å². The molecule has 2 aromatic carbocycles. The molecule has 1 amide bonds. The van der Waals surface area contributed by atoms with Crippen molar-refractivity contribution in [2.45, 2.75) is 6.04 Å². The standard InChI is InChI=1S/C15H12Cl3NO/c16-9-13(10-5-2-1-3-6-10)19-15(20)14-11(17)7-4-8-12(14)18/h1-8,13H,9H2,(H,19,20). The summed E-state index contributed by atoms with van der Waals surface area (Å²) < 4.78 is 0. The van der Waals surface area contributed by atoms with Crippen LogP contribution in [0.4, 0.5) is 0 Å². The molecule has 2 nitrogen and oxygen atoms in total. The van der Waals surface area contributed by atoms with E-state index in [0.29, 0.717) is 10.0 Å². The van der Waals surface area contributed by atoms with Crippen molar-refractivity contribution >= 4 is 40.7 Å². The third-order valence-corrected chi connectivity index (χ3v) is 3.79. The fourth-order valence-electron chi connectivity index (χ4n) is 1.84. The summed E-state index contributed by atoms with van der Waals surface area (Å²) in [5.74, 6) is -0.0761. The first-order valence-electron chi connectivity index (χ1n) is 5.99. The minimum Gasteiger partial charge on any atom is -0.344 e. The lowest BCUT2D eigenvalue weighted by Gasteiger charge is -2.17. The molecule has 5 heteroatoms. The zero-order valence-corrected chi connectivity index (χ0v) is 12.7. The van der Waals surface area contributed by atoms with Gasteiger partial charge in [-0.1, -0.05) is 59.6 Å². The zero-order valence-electron chi connectivity index (χ0n) is 10.4. The van der Waals surface area contributed by atoms with E-state index < -0.39 is 0 Å². The Kier molecular flexibility index (Phi) is 5.30. The normalized spacial score (nSPS) is 11.9. The van der Waals surface area contributed by atoms with Crippen LogP contribution in [0, 0.1) is 0 Å². The van der Waals surface area contributed by atoms with Gasteiger partial charge in [0.2, 0.25) is 0 Å². The van der Waals surface area contributed by atoms with Crippen LogP contribution in [-0.2, 0) is 0 Å². The Bertz CT molecular complexity index is 581. The molecule has 0 bridgehead atoms. The van der Waals surface area contributed by atoms with E-state index in [1.807, 2.05) is 30.3 Å². The van der Waals surface area contributed by atoms with Gasteiger partial charge in [0.15, 0.2) is 0 Å². The third kappa shape index (κ3) is 3.45. The number of hydrogen-bond acceptors (Lipinski definition) is 1. The quantitative estimate of drug-likeness (QED) is 0.810. The predicted octanol–water partition coefficient (Wildman–Crippen LogP) is 4.70. The molecule has 2 aromatic rings. The van der Waals surface area contributed by atoms with Gasteiger partial charge in [-0.05, 0) is 17.7 Å². The highest BCUT2D eigenvalue weighted by Crippen LogP contribution is 2.25. The molecule has 0 heterocycles. The van der Waals surface area contributed by atoms with Crippen LogP contribution < -0.4 is 5.32 Å². The highest BCUT2D eigenvalue weighted by molar-refractivity contribution is 6.39. The molecule has 0 spiro atoms. The largest absolute Gasteiger partial charge is 0.344 e. The summed E-state index contributed by atoms with van der Waals surface area (Å²) in [6.07, 6.45) is 0. The van der Waals surface area contributed by atoms with Gasteiger partial charge in [0.25, 0.3) is 5.91 Å². The van der Waals surface area contributed by atoms with Crippen molar-refractivity contribution in [3.8, 4) is 0 Å². The summed E-state index contributed by atoms with van der Waals surface area (Å²) in [5.41, 5.74) is 1.20. The summed E-state index contributed by atoms with van der Waals surface area (Å²) in [4.78, 5) is 12.3. The second-order valence-corrected chi connectivity index (χ2v) is 5.31. The fourth-order valence-corrected chi connectivity index (χ4v) is 2.67. The maximum Gasteiger partial charge on any atom is 0.254 e. The van der Waals surface area contributed by atoms with Gasteiger partial charge in [0.1, 0.15) is 0 Å². The number of amides is 1. The Morgan fingerprint density at radius 1 is 1.00 bits per heavy atom. The van der Waals surface area contributed by atoms with Crippen molar-refractivity contribution in [3.63, 3.8) is 0 Å². The van der Waals surface area contributed by atoms with Crippen LogP contribution in [0.3, 0.4) is 0 Å². The Balaban J connectivity index is 2.22. The number of halogens is 3. The number of carbonyl (C=O) groups is 1. The number of alkyl halides is 1. The van der Waals surface area contributed by atoms with Gasteiger partial charge in [0, 0.05) is 5.88 Å². The topological polar surface area (TPSA) is 29.1 Å². The molecule has 0 aromatic heterocycles. The van der Waals surface area contributed by atoms with Gasteiger partial charge in [-0.25, -0.2) is 0 Å². The predicted molar refractivity (Wildman–Crippen MR) is 83.8 cm³/mol. The highest BCUT2D eigenvalue weighted by Gasteiger charge is 2.19. The molecule has 0 saturated heterocycles. The van der Waals surface area contributed by atoms with Gasteiger partial charge in [-0.3, -0.25) is 4.79 Å². The fraction of sp³-hybridized carbons (Fsp3) is 0.133. The molecule has 0 aliphatic carbocycles. The van der Waals surface area contributed by atoms with E-state index in [2.05, 4.69) is 5.32 Å². The molecule has 0 saturated carbocycles. The van der Waals surface area contributed by atoms with Crippen LogP contribution in [0.5, 0.6) is 0 Å². The molecular weight excluding hydrogens is 317 g/mol. The minimum atomic E-state index is -0.338.